The van der Waals surface area contributed by atoms with Crippen molar-refractivity contribution in [3.05, 3.63) is 12.2 Å². The van der Waals surface area contributed by atoms with E-state index in [1.54, 1.807) is 0 Å². The molecule has 0 amide bonds. The number of nitrogens with zero attached hydrogens (tertiary/aromatic N) is 1. The first-order valence-electron chi connectivity index (χ1n) is 10.2. The average Bonchev–Trinajstić information content (AvgIpc) is 2.98. The van der Waals surface area contributed by atoms with Crippen LogP contribution in [0, 0.1) is 5.92 Å². The van der Waals surface area contributed by atoms with Crippen LogP contribution in [0.4, 0.5) is 0 Å². The van der Waals surface area contributed by atoms with Gasteiger partial charge < -0.3 is 5.32 Å². The van der Waals surface area contributed by atoms with Crippen molar-refractivity contribution in [3.8, 4) is 0 Å². The number of carbonyl (C=O) groups excluding carboxylic acids is 2. The van der Waals surface area contributed by atoms with Gasteiger partial charge in [-0.2, -0.15) is 0 Å². The Labute approximate surface area is 159 Å². The van der Waals surface area contributed by atoms with E-state index in [4.69, 9.17) is 0 Å². The van der Waals surface area contributed by atoms with E-state index in [2.05, 4.69) is 41.5 Å². The first-order valence-corrected chi connectivity index (χ1v) is 10.2. The Bertz CT molecular complexity index is 543. The molecule has 2 aliphatic rings. The second-order valence-electron chi connectivity index (χ2n) is 8.86. The van der Waals surface area contributed by atoms with Crippen LogP contribution in [0.1, 0.15) is 60.3 Å². The third-order valence-electron chi connectivity index (χ3n) is 5.73. The summed E-state index contributed by atoms with van der Waals surface area (Å²) in [7, 11) is 0. The maximum absolute atomic E-state index is 13.1. The number of hydrogen-bond donors (Lipinski definition) is 2. The highest BCUT2D eigenvalue weighted by molar-refractivity contribution is 5.93. The summed E-state index contributed by atoms with van der Waals surface area (Å²) < 4.78 is 0. The molecule has 1 unspecified atom stereocenters. The second kappa shape index (κ2) is 8.77. The van der Waals surface area contributed by atoms with Crippen molar-refractivity contribution in [2.24, 2.45) is 5.92 Å². The molecule has 2 aliphatic heterocycles. The molecule has 1 saturated heterocycles. The van der Waals surface area contributed by atoms with Crippen LogP contribution in [-0.2, 0) is 9.59 Å². The van der Waals surface area contributed by atoms with E-state index in [0.29, 0.717) is 6.54 Å². The van der Waals surface area contributed by atoms with Crippen LogP contribution >= 0.6 is 0 Å². The molecule has 148 valence electrons. The monoisotopic (exact) mass is 363 g/mol. The molecule has 1 fully saturated rings. The van der Waals surface area contributed by atoms with E-state index in [-0.39, 0.29) is 30.1 Å². The molecule has 0 aromatic carbocycles. The van der Waals surface area contributed by atoms with Gasteiger partial charge in [-0.15, -0.1) is 0 Å². The molecular weight excluding hydrogens is 326 g/mol. The lowest BCUT2D eigenvalue weighted by molar-refractivity contribution is -0.129. The van der Waals surface area contributed by atoms with Crippen LogP contribution < -0.4 is 10.6 Å². The largest absolute Gasteiger partial charge is 0.303 e. The standard InChI is InChI=1S/C21H37N3O2/c1-16(2)19(26)21-11-13-24(15-21)12-9-7-6-8-10-20(5,23-17(3)4)18(25)14-22-21/h7,9,16-17,22-23H,6,8,10-15H2,1-5H3/t20-,21-/m1/s1. The van der Waals surface area contributed by atoms with Crippen LogP contribution in [0.25, 0.3) is 0 Å². The van der Waals surface area contributed by atoms with Crippen LogP contribution in [0.3, 0.4) is 0 Å². The number of rotatable bonds is 4. The predicted molar refractivity (Wildman–Crippen MR) is 106 cm³/mol. The van der Waals surface area contributed by atoms with E-state index in [1.165, 1.54) is 0 Å². The SMILES string of the molecule is CC(C)N[C@]1(C)CCCC=CCN2CC[C@](C(=O)C(C)C)(C2)NCC1=O. The Morgan fingerprint density at radius 2 is 1.96 bits per heavy atom. The molecule has 3 atom stereocenters. The van der Waals surface area contributed by atoms with E-state index in [9.17, 15) is 9.59 Å². The smallest absolute Gasteiger partial charge is 0.166 e. The van der Waals surface area contributed by atoms with E-state index >= 15 is 0 Å². The van der Waals surface area contributed by atoms with Crippen molar-refractivity contribution in [1.29, 1.82) is 0 Å². The van der Waals surface area contributed by atoms with Crippen molar-refractivity contribution >= 4 is 11.6 Å². The maximum atomic E-state index is 13.1. The summed E-state index contributed by atoms with van der Waals surface area (Å²) in [6, 6.07) is 0.239. The zero-order valence-corrected chi connectivity index (χ0v) is 17.2. The number of Topliss-reactive ketones (excluding diaryl/α,β-unsaturated/α-hetero) is 2. The Kier molecular flexibility index (Phi) is 7.17. The summed E-state index contributed by atoms with van der Waals surface area (Å²) in [6.07, 6.45) is 7.98. The molecule has 0 saturated carbocycles. The van der Waals surface area contributed by atoms with Gasteiger partial charge in [0.25, 0.3) is 0 Å². The fourth-order valence-electron chi connectivity index (χ4n) is 4.32. The zero-order chi connectivity index (χ0) is 19.4. The molecule has 0 aliphatic carbocycles. The Hall–Kier alpha value is -1.04. The molecule has 5 heteroatoms. The van der Waals surface area contributed by atoms with Crippen molar-refractivity contribution in [2.45, 2.75) is 77.4 Å². The highest BCUT2D eigenvalue weighted by Crippen LogP contribution is 2.26. The van der Waals surface area contributed by atoms with Crippen molar-refractivity contribution in [2.75, 3.05) is 26.2 Å². The highest BCUT2D eigenvalue weighted by atomic mass is 16.1. The van der Waals surface area contributed by atoms with Crippen LogP contribution in [0.5, 0.6) is 0 Å². The van der Waals surface area contributed by atoms with Gasteiger partial charge in [-0.25, -0.2) is 0 Å². The number of ketones is 2. The normalized spacial score (nSPS) is 33.8. The van der Waals surface area contributed by atoms with Gasteiger partial charge in [0.1, 0.15) is 0 Å². The van der Waals surface area contributed by atoms with Crippen molar-refractivity contribution < 1.29 is 9.59 Å². The summed E-state index contributed by atoms with van der Waals surface area (Å²) in [5.41, 5.74) is -1.14. The summed E-state index contributed by atoms with van der Waals surface area (Å²) in [4.78, 5) is 28.4. The summed E-state index contributed by atoms with van der Waals surface area (Å²) in [6.45, 7) is 12.8. The molecule has 2 N–H and O–H groups in total. The maximum Gasteiger partial charge on any atom is 0.166 e. The minimum atomic E-state index is -0.593. The van der Waals surface area contributed by atoms with Gasteiger partial charge in [0.2, 0.25) is 0 Å². The number of carbonyl (C=O) groups is 2. The fourth-order valence-corrected chi connectivity index (χ4v) is 4.32. The van der Waals surface area contributed by atoms with Gasteiger partial charge in [-0.05, 0) is 46.5 Å². The molecule has 0 spiro atoms. The third-order valence-corrected chi connectivity index (χ3v) is 5.73. The number of allylic oxidation sites excluding steroid dienone is 1. The lowest BCUT2D eigenvalue weighted by Crippen LogP contribution is -2.61. The summed E-state index contributed by atoms with van der Waals surface area (Å²) in [5.74, 6) is 0.345. The molecule has 0 radical (unpaired) electrons. The Morgan fingerprint density at radius 1 is 1.23 bits per heavy atom. The zero-order valence-electron chi connectivity index (χ0n) is 17.2. The topological polar surface area (TPSA) is 61.4 Å². The first kappa shape index (κ1) is 21.3. The van der Waals surface area contributed by atoms with Gasteiger partial charge in [0, 0.05) is 31.6 Å². The second-order valence-corrected chi connectivity index (χ2v) is 8.86. The van der Waals surface area contributed by atoms with Crippen molar-refractivity contribution in [3.63, 3.8) is 0 Å². The molecule has 2 bridgehead atoms. The average molecular weight is 364 g/mol. The van der Waals surface area contributed by atoms with Gasteiger partial charge >= 0.3 is 0 Å². The molecule has 0 aromatic rings. The minimum Gasteiger partial charge on any atom is -0.303 e. The summed E-state index contributed by atoms with van der Waals surface area (Å²) >= 11 is 0. The van der Waals surface area contributed by atoms with Crippen LogP contribution in [0.2, 0.25) is 0 Å². The van der Waals surface area contributed by atoms with Crippen molar-refractivity contribution in [1.82, 2.24) is 15.5 Å². The lowest BCUT2D eigenvalue weighted by Gasteiger charge is -2.35. The molecule has 2 heterocycles. The lowest BCUT2D eigenvalue weighted by atomic mass is 9.84. The van der Waals surface area contributed by atoms with Gasteiger partial charge in [0.15, 0.2) is 11.6 Å². The Morgan fingerprint density at radius 3 is 2.62 bits per heavy atom. The predicted octanol–water partition coefficient (Wildman–Crippen LogP) is 2.31. The molecule has 26 heavy (non-hydrogen) atoms. The first-order chi connectivity index (χ1) is 12.2. The van der Waals surface area contributed by atoms with Gasteiger partial charge in [-0.1, -0.05) is 26.0 Å². The summed E-state index contributed by atoms with van der Waals surface area (Å²) in [5, 5.41) is 6.89. The number of nitrogens with one attached hydrogen (secondary N) is 2. The molecule has 2 rings (SSSR count). The van der Waals surface area contributed by atoms with Crippen LogP contribution in [-0.4, -0.2) is 59.8 Å². The Balaban J connectivity index is 2.25. The van der Waals surface area contributed by atoms with E-state index < -0.39 is 11.1 Å². The fraction of sp³-hybridized carbons (Fsp3) is 0.810. The third kappa shape index (κ3) is 5.02. The number of hydrogen-bond acceptors (Lipinski definition) is 5. The van der Waals surface area contributed by atoms with E-state index in [1.807, 2.05) is 20.8 Å². The number of fused-ring (bicyclic) bond motifs is 2. The van der Waals surface area contributed by atoms with Gasteiger partial charge in [-0.3, -0.25) is 19.8 Å². The molecular formula is C21H37N3O2. The van der Waals surface area contributed by atoms with Crippen LogP contribution in [0.15, 0.2) is 12.2 Å². The minimum absolute atomic E-state index is 0.0380. The molecule has 0 aromatic heterocycles. The molecule has 5 nitrogen and oxygen atoms in total. The van der Waals surface area contributed by atoms with Gasteiger partial charge in [0.05, 0.1) is 17.6 Å². The highest BCUT2D eigenvalue weighted by Gasteiger charge is 2.45. The van der Waals surface area contributed by atoms with E-state index in [0.717, 1.165) is 38.8 Å². The quantitative estimate of drug-likeness (QED) is 0.751.